The van der Waals surface area contributed by atoms with E-state index < -0.39 is 6.10 Å². The third-order valence-electron chi connectivity index (χ3n) is 3.88. The van der Waals surface area contributed by atoms with Crippen LogP contribution >= 0.6 is 0 Å². The van der Waals surface area contributed by atoms with Crippen molar-refractivity contribution in [3.8, 4) is 0 Å². The number of hydrogen-bond acceptors (Lipinski definition) is 2. The molecule has 3 aromatic rings. The van der Waals surface area contributed by atoms with E-state index in [0.29, 0.717) is 5.92 Å². The van der Waals surface area contributed by atoms with E-state index in [2.05, 4.69) is 31.0 Å². The number of pyridine rings is 1. The lowest BCUT2D eigenvalue weighted by molar-refractivity contribution is 0.221. The zero-order valence-corrected chi connectivity index (χ0v) is 12.3. The summed E-state index contributed by atoms with van der Waals surface area (Å²) in [6, 6.07) is 18.0. The van der Waals surface area contributed by atoms with Crippen molar-refractivity contribution in [3.05, 3.63) is 77.5 Å². The van der Waals surface area contributed by atoms with Gasteiger partial charge in [0.25, 0.3) is 0 Å². The summed E-state index contributed by atoms with van der Waals surface area (Å²) in [7, 11) is 0. The highest BCUT2D eigenvalue weighted by Crippen LogP contribution is 2.28. The number of rotatable bonds is 3. The van der Waals surface area contributed by atoms with E-state index in [-0.39, 0.29) is 0 Å². The normalized spacial score (nSPS) is 12.8. The van der Waals surface area contributed by atoms with Crippen LogP contribution in [0, 0.1) is 0 Å². The second kappa shape index (κ2) is 5.66. The maximum atomic E-state index is 10.7. The third kappa shape index (κ3) is 2.67. The van der Waals surface area contributed by atoms with Crippen molar-refractivity contribution >= 4 is 10.9 Å². The van der Waals surface area contributed by atoms with Crippen LogP contribution in [0.1, 0.15) is 42.6 Å². The zero-order chi connectivity index (χ0) is 14.8. The van der Waals surface area contributed by atoms with Crippen molar-refractivity contribution in [2.45, 2.75) is 25.9 Å². The molecule has 2 heteroatoms. The summed E-state index contributed by atoms with van der Waals surface area (Å²) in [4.78, 5) is 4.41. The number of nitrogens with zero attached hydrogens (tertiary/aromatic N) is 1. The summed E-state index contributed by atoms with van der Waals surface area (Å²) in [5.74, 6) is 0.496. The van der Waals surface area contributed by atoms with Gasteiger partial charge >= 0.3 is 0 Å². The van der Waals surface area contributed by atoms with Crippen LogP contribution in [-0.2, 0) is 0 Å². The van der Waals surface area contributed by atoms with Gasteiger partial charge in [0.2, 0.25) is 0 Å². The quantitative estimate of drug-likeness (QED) is 0.767. The van der Waals surface area contributed by atoms with Gasteiger partial charge in [0.05, 0.1) is 5.52 Å². The Bertz CT molecular complexity index is 742. The molecule has 3 rings (SSSR count). The summed E-state index contributed by atoms with van der Waals surface area (Å²) in [6.07, 6.45) is 1.12. The van der Waals surface area contributed by atoms with Crippen molar-refractivity contribution in [2.24, 2.45) is 0 Å². The SMILES string of the molecule is CC(C)c1ccc(C(O)c2cccc3cccnc23)cc1. The Morgan fingerprint density at radius 3 is 2.24 bits per heavy atom. The van der Waals surface area contributed by atoms with Gasteiger partial charge in [-0.05, 0) is 23.1 Å². The lowest BCUT2D eigenvalue weighted by atomic mass is 9.96. The van der Waals surface area contributed by atoms with Gasteiger partial charge in [-0.1, -0.05) is 62.4 Å². The molecule has 1 unspecified atom stereocenters. The van der Waals surface area contributed by atoms with Gasteiger partial charge in [0.1, 0.15) is 6.10 Å². The Morgan fingerprint density at radius 1 is 0.857 bits per heavy atom. The number of hydrogen-bond donors (Lipinski definition) is 1. The molecule has 21 heavy (non-hydrogen) atoms. The lowest BCUT2D eigenvalue weighted by Gasteiger charge is -2.14. The van der Waals surface area contributed by atoms with Crippen molar-refractivity contribution < 1.29 is 5.11 Å². The van der Waals surface area contributed by atoms with Crippen LogP contribution in [0.15, 0.2) is 60.8 Å². The Hall–Kier alpha value is -2.19. The number of fused-ring (bicyclic) bond motifs is 1. The Kier molecular flexibility index (Phi) is 3.72. The predicted molar refractivity (Wildman–Crippen MR) is 86.3 cm³/mol. The minimum absolute atomic E-state index is 0.496. The molecule has 0 aliphatic carbocycles. The molecule has 0 spiro atoms. The van der Waals surface area contributed by atoms with Crippen molar-refractivity contribution in [2.75, 3.05) is 0 Å². The molecule has 1 N–H and O–H groups in total. The van der Waals surface area contributed by atoms with Crippen molar-refractivity contribution in [1.29, 1.82) is 0 Å². The number of aliphatic hydroxyl groups is 1. The van der Waals surface area contributed by atoms with E-state index in [1.807, 2.05) is 42.5 Å². The third-order valence-corrected chi connectivity index (χ3v) is 3.88. The maximum Gasteiger partial charge on any atom is 0.106 e. The van der Waals surface area contributed by atoms with Gasteiger partial charge in [-0.25, -0.2) is 0 Å². The smallest absolute Gasteiger partial charge is 0.106 e. The van der Waals surface area contributed by atoms with Crippen LogP contribution < -0.4 is 0 Å². The minimum Gasteiger partial charge on any atom is -0.384 e. The number of para-hydroxylation sites is 1. The molecule has 0 fully saturated rings. The summed E-state index contributed by atoms with van der Waals surface area (Å²) < 4.78 is 0. The second-order valence-electron chi connectivity index (χ2n) is 5.65. The van der Waals surface area contributed by atoms with Crippen LogP contribution in [0.5, 0.6) is 0 Å². The molecule has 0 aliphatic rings. The number of aromatic nitrogens is 1. The molecule has 0 saturated heterocycles. The van der Waals surface area contributed by atoms with E-state index in [1.165, 1.54) is 5.56 Å². The largest absolute Gasteiger partial charge is 0.384 e. The van der Waals surface area contributed by atoms with Gasteiger partial charge < -0.3 is 5.11 Å². The first-order valence-electron chi connectivity index (χ1n) is 7.28. The molecule has 0 amide bonds. The number of benzene rings is 2. The molecule has 106 valence electrons. The summed E-state index contributed by atoms with van der Waals surface area (Å²) >= 11 is 0. The Morgan fingerprint density at radius 2 is 1.52 bits per heavy atom. The molecular formula is C19H19NO. The lowest BCUT2D eigenvalue weighted by Crippen LogP contribution is -2.02. The van der Waals surface area contributed by atoms with E-state index >= 15 is 0 Å². The second-order valence-corrected chi connectivity index (χ2v) is 5.65. The molecule has 2 nitrogen and oxygen atoms in total. The molecule has 0 bridgehead atoms. The first-order chi connectivity index (χ1) is 10.2. The van der Waals surface area contributed by atoms with Gasteiger partial charge in [-0.3, -0.25) is 4.98 Å². The summed E-state index contributed by atoms with van der Waals surface area (Å²) in [5, 5.41) is 11.7. The fourth-order valence-electron chi connectivity index (χ4n) is 2.59. The average molecular weight is 277 g/mol. The standard InChI is InChI=1S/C19H19NO/c1-13(2)14-8-10-16(11-9-14)19(21)17-7-3-5-15-6-4-12-20-18(15)17/h3-13,19,21H,1-2H3. The average Bonchev–Trinajstić information content (AvgIpc) is 2.53. The van der Waals surface area contributed by atoms with Crippen molar-refractivity contribution in [3.63, 3.8) is 0 Å². The van der Waals surface area contributed by atoms with E-state index in [4.69, 9.17) is 0 Å². The molecule has 0 radical (unpaired) electrons. The van der Waals surface area contributed by atoms with Crippen molar-refractivity contribution in [1.82, 2.24) is 4.98 Å². The van der Waals surface area contributed by atoms with Crippen LogP contribution in [-0.4, -0.2) is 10.1 Å². The minimum atomic E-state index is -0.648. The molecule has 1 atom stereocenters. The Balaban J connectivity index is 2.02. The highest BCUT2D eigenvalue weighted by atomic mass is 16.3. The first kappa shape index (κ1) is 13.8. The maximum absolute atomic E-state index is 10.7. The molecular weight excluding hydrogens is 258 g/mol. The van der Waals surface area contributed by atoms with Gasteiger partial charge in [0, 0.05) is 17.1 Å². The monoisotopic (exact) mass is 277 g/mol. The zero-order valence-electron chi connectivity index (χ0n) is 12.3. The Labute approximate surface area is 125 Å². The summed E-state index contributed by atoms with van der Waals surface area (Å²) in [6.45, 7) is 4.33. The molecule has 0 saturated carbocycles. The van der Waals surface area contributed by atoms with Crippen LogP contribution in [0.25, 0.3) is 10.9 Å². The molecule has 1 heterocycles. The van der Waals surface area contributed by atoms with Gasteiger partial charge in [0.15, 0.2) is 0 Å². The number of aliphatic hydroxyl groups excluding tert-OH is 1. The van der Waals surface area contributed by atoms with Crippen LogP contribution in [0.3, 0.4) is 0 Å². The fraction of sp³-hybridized carbons (Fsp3) is 0.211. The highest BCUT2D eigenvalue weighted by Gasteiger charge is 2.14. The van der Waals surface area contributed by atoms with Gasteiger partial charge in [-0.2, -0.15) is 0 Å². The van der Waals surface area contributed by atoms with Crippen LogP contribution in [0.2, 0.25) is 0 Å². The highest BCUT2D eigenvalue weighted by molar-refractivity contribution is 5.82. The van der Waals surface area contributed by atoms with E-state index in [1.54, 1.807) is 6.20 Å². The molecule has 1 aromatic heterocycles. The van der Waals surface area contributed by atoms with Crippen LogP contribution in [0.4, 0.5) is 0 Å². The van der Waals surface area contributed by atoms with Gasteiger partial charge in [-0.15, -0.1) is 0 Å². The fourth-order valence-corrected chi connectivity index (χ4v) is 2.59. The molecule has 2 aromatic carbocycles. The van der Waals surface area contributed by atoms with E-state index in [9.17, 15) is 5.11 Å². The predicted octanol–water partition coefficient (Wildman–Crippen LogP) is 4.44. The topological polar surface area (TPSA) is 33.1 Å². The van der Waals surface area contributed by atoms with E-state index in [0.717, 1.165) is 22.0 Å². The first-order valence-corrected chi connectivity index (χ1v) is 7.28. The summed E-state index contributed by atoms with van der Waals surface area (Å²) in [5.41, 5.74) is 3.89. The molecule has 0 aliphatic heterocycles.